The maximum Gasteiger partial charge on any atom is 0.0586 e. The quantitative estimate of drug-likeness (QED) is 0.648. The first-order valence-electron chi connectivity index (χ1n) is 5.15. The van der Waals surface area contributed by atoms with E-state index in [2.05, 4.69) is 11.9 Å². The van der Waals surface area contributed by atoms with E-state index in [0.29, 0.717) is 12.6 Å². The molecule has 1 aliphatic rings. The third-order valence-electron chi connectivity index (χ3n) is 2.88. The molecule has 1 fully saturated rings. The van der Waals surface area contributed by atoms with Gasteiger partial charge in [0.15, 0.2) is 0 Å². The molecule has 1 rings (SSSR count). The second kappa shape index (κ2) is 5.55. The highest BCUT2D eigenvalue weighted by molar-refractivity contribution is 4.69. The predicted octanol–water partition coefficient (Wildman–Crippen LogP) is 1.63. The molecule has 1 atom stereocenters. The van der Waals surface area contributed by atoms with Gasteiger partial charge in [-0.05, 0) is 26.4 Å². The molecule has 72 valence electrons. The van der Waals surface area contributed by atoms with E-state index in [9.17, 15) is 0 Å². The van der Waals surface area contributed by atoms with Gasteiger partial charge in [0, 0.05) is 6.04 Å². The van der Waals surface area contributed by atoms with Crippen molar-refractivity contribution in [2.75, 3.05) is 20.2 Å². The molecule has 0 aliphatic carbocycles. The zero-order valence-corrected chi connectivity index (χ0v) is 8.13. The van der Waals surface area contributed by atoms with Gasteiger partial charge >= 0.3 is 0 Å². The highest BCUT2D eigenvalue weighted by Crippen LogP contribution is 2.14. The van der Waals surface area contributed by atoms with Crippen LogP contribution >= 0.6 is 0 Å². The fourth-order valence-corrected chi connectivity index (χ4v) is 1.91. The van der Waals surface area contributed by atoms with Gasteiger partial charge in [-0.2, -0.15) is 0 Å². The number of hydrogen-bond acceptors (Lipinski definition) is 2. The Kier molecular flexibility index (Phi) is 4.62. The Balaban J connectivity index is 2.35. The topological polar surface area (TPSA) is 23.5 Å². The average Bonchev–Trinajstić information content (AvgIpc) is 2.17. The number of aliphatic hydroxyl groups excluding tert-OH is 1. The maximum atomic E-state index is 9.13. The lowest BCUT2D eigenvalue weighted by Gasteiger charge is -2.25. The normalized spacial score (nSPS) is 29.0. The lowest BCUT2D eigenvalue weighted by molar-refractivity contribution is 0.139. The van der Waals surface area contributed by atoms with Gasteiger partial charge in [-0.3, -0.25) is 0 Å². The summed E-state index contributed by atoms with van der Waals surface area (Å²) in [7, 11) is 2.13. The van der Waals surface area contributed by atoms with Gasteiger partial charge in [0.2, 0.25) is 0 Å². The molecule has 1 N–H and O–H groups in total. The smallest absolute Gasteiger partial charge is 0.0586 e. The van der Waals surface area contributed by atoms with Crippen LogP contribution in [-0.4, -0.2) is 36.2 Å². The summed E-state index contributed by atoms with van der Waals surface area (Å²) in [5, 5.41) is 9.13. The minimum atomic E-state index is 0.330. The van der Waals surface area contributed by atoms with Crippen molar-refractivity contribution in [2.24, 2.45) is 0 Å². The van der Waals surface area contributed by atoms with Crippen LogP contribution in [0.1, 0.15) is 38.5 Å². The lowest BCUT2D eigenvalue weighted by Crippen LogP contribution is -2.35. The molecular weight excluding hydrogens is 150 g/mol. The van der Waals surface area contributed by atoms with E-state index in [1.807, 2.05) is 0 Å². The summed E-state index contributed by atoms with van der Waals surface area (Å²) in [6.07, 6.45) is 7.86. The molecule has 0 spiro atoms. The SMILES string of the molecule is CN1CCCCCCCC1CO. The molecule has 0 bridgehead atoms. The van der Waals surface area contributed by atoms with Crippen molar-refractivity contribution in [3.8, 4) is 0 Å². The number of aliphatic hydroxyl groups is 1. The van der Waals surface area contributed by atoms with Crippen LogP contribution in [0.2, 0.25) is 0 Å². The standard InChI is InChI=1S/C10H21NO/c1-11-8-6-4-2-3-5-7-10(11)9-12/h10,12H,2-9H2,1H3. The van der Waals surface area contributed by atoms with Gasteiger partial charge in [-0.15, -0.1) is 0 Å². The van der Waals surface area contributed by atoms with E-state index in [1.165, 1.54) is 38.5 Å². The fraction of sp³-hybridized carbons (Fsp3) is 1.00. The monoisotopic (exact) mass is 171 g/mol. The first-order valence-corrected chi connectivity index (χ1v) is 5.15. The second-order valence-corrected chi connectivity index (χ2v) is 3.87. The van der Waals surface area contributed by atoms with E-state index >= 15 is 0 Å². The summed E-state index contributed by atoms with van der Waals surface area (Å²) in [5.74, 6) is 0. The molecule has 1 heterocycles. The summed E-state index contributed by atoms with van der Waals surface area (Å²) in [5.41, 5.74) is 0. The van der Waals surface area contributed by atoms with Crippen LogP contribution in [-0.2, 0) is 0 Å². The summed E-state index contributed by atoms with van der Waals surface area (Å²) in [4.78, 5) is 2.31. The number of hydrogen-bond donors (Lipinski definition) is 1. The largest absolute Gasteiger partial charge is 0.395 e. The van der Waals surface area contributed by atoms with Crippen LogP contribution in [0.4, 0.5) is 0 Å². The van der Waals surface area contributed by atoms with Crippen LogP contribution in [0.15, 0.2) is 0 Å². The highest BCUT2D eigenvalue weighted by Gasteiger charge is 2.13. The highest BCUT2D eigenvalue weighted by atomic mass is 16.3. The molecule has 1 aliphatic heterocycles. The van der Waals surface area contributed by atoms with E-state index in [1.54, 1.807) is 0 Å². The van der Waals surface area contributed by atoms with Crippen molar-refractivity contribution in [1.82, 2.24) is 4.90 Å². The molecular formula is C10H21NO. The van der Waals surface area contributed by atoms with E-state index < -0.39 is 0 Å². The van der Waals surface area contributed by atoms with Gasteiger partial charge in [0.05, 0.1) is 6.61 Å². The molecule has 1 unspecified atom stereocenters. The lowest BCUT2D eigenvalue weighted by atomic mass is 10.1. The van der Waals surface area contributed by atoms with E-state index in [0.717, 1.165) is 6.54 Å². The molecule has 0 aromatic carbocycles. The number of rotatable bonds is 1. The molecule has 0 saturated carbocycles. The van der Waals surface area contributed by atoms with Crippen molar-refractivity contribution < 1.29 is 5.11 Å². The molecule has 0 aromatic heterocycles. The van der Waals surface area contributed by atoms with Gasteiger partial charge < -0.3 is 10.0 Å². The maximum absolute atomic E-state index is 9.13. The molecule has 0 aromatic rings. The predicted molar refractivity (Wildman–Crippen MR) is 51.2 cm³/mol. The van der Waals surface area contributed by atoms with E-state index in [-0.39, 0.29) is 0 Å². The van der Waals surface area contributed by atoms with Crippen molar-refractivity contribution in [3.63, 3.8) is 0 Å². The third-order valence-corrected chi connectivity index (χ3v) is 2.88. The van der Waals surface area contributed by atoms with Crippen LogP contribution in [0, 0.1) is 0 Å². The zero-order chi connectivity index (χ0) is 8.81. The summed E-state index contributed by atoms with van der Waals surface area (Å²) < 4.78 is 0. The molecule has 12 heavy (non-hydrogen) atoms. The minimum absolute atomic E-state index is 0.330. The fourth-order valence-electron chi connectivity index (χ4n) is 1.91. The summed E-state index contributed by atoms with van der Waals surface area (Å²) in [6.45, 7) is 1.49. The molecule has 0 radical (unpaired) electrons. The average molecular weight is 171 g/mol. The molecule has 0 amide bonds. The summed E-state index contributed by atoms with van der Waals surface area (Å²) in [6, 6.07) is 0.420. The zero-order valence-electron chi connectivity index (χ0n) is 8.13. The van der Waals surface area contributed by atoms with Gasteiger partial charge in [0.25, 0.3) is 0 Å². The van der Waals surface area contributed by atoms with Crippen molar-refractivity contribution >= 4 is 0 Å². The Morgan fingerprint density at radius 2 is 1.83 bits per heavy atom. The number of nitrogens with zero attached hydrogens (tertiary/aromatic N) is 1. The Morgan fingerprint density at radius 3 is 2.58 bits per heavy atom. The first-order chi connectivity index (χ1) is 5.84. The van der Waals surface area contributed by atoms with Gasteiger partial charge in [-0.25, -0.2) is 0 Å². The van der Waals surface area contributed by atoms with Crippen molar-refractivity contribution in [3.05, 3.63) is 0 Å². The Labute approximate surface area is 75.6 Å². The van der Waals surface area contributed by atoms with Gasteiger partial charge in [0.1, 0.15) is 0 Å². The Bertz CT molecular complexity index is 116. The number of likely N-dealkylation sites (N-methyl/N-ethyl adjacent to an activating group) is 1. The molecule has 2 heteroatoms. The van der Waals surface area contributed by atoms with Gasteiger partial charge in [-0.1, -0.05) is 25.7 Å². The van der Waals surface area contributed by atoms with Crippen molar-refractivity contribution in [2.45, 2.75) is 44.6 Å². The minimum Gasteiger partial charge on any atom is -0.395 e. The summed E-state index contributed by atoms with van der Waals surface area (Å²) >= 11 is 0. The Morgan fingerprint density at radius 1 is 1.17 bits per heavy atom. The molecule has 2 nitrogen and oxygen atoms in total. The first kappa shape index (κ1) is 10.0. The van der Waals surface area contributed by atoms with E-state index in [4.69, 9.17) is 5.11 Å². The molecule has 1 saturated heterocycles. The van der Waals surface area contributed by atoms with Crippen molar-refractivity contribution in [1.29, 1.82) is 0 Å². The third kappa shape index (κ3) is 3.11. The Hall–Kier alpha value is -0.0800. The second-order valence-electron chi connectivity index (χ2n) is 3.87. The van der Waals surface area contributed by atoms with Crippen LogP contribution in [0.5, 0.6) is 0 Å². The van der Waals surface area contributed by atoms with Crippen LogP contribution in [0.25, 0.3) is 0 Å². The van der Waals surface area contributed by atoms with Crippen LogP contribution in [0.3, 0.4) is 0 Å². The van der Waals surface area contributed by atoms with Crippen LogP contribution < -0.4 is 0 Å².